The van der Waals surface area contributed by atoms with Crippen molar-refractivity contribution in [1.82, 2.24) is 0 Å². The Morgan fingerprint density at radius 3 is 2.52 bits per heavy atom. The van der Waals surface area contributed by atoms with E-state index < -0.39 is 11.9 Å². The summed E-state index contributed by atoms with van der Waals surface area (Å²) in [6, 6.07) is 12.1. The molecule has 3 rings (SSSR count). The van der Waals surface area contributed by atoms with Crippen molar-refractivity contribution in [1.29, 1.82) is 0 Å². The third-order valence-corrected chi connectivity index (χ3v) is 3.75. The van der Waals surface area contributed by atoms with E-state index in [1.807, 2.05) is 0 Å². The molecule has 0 spiro atoms. The van der Waals surface area contributed by atoms with Crippen molar-refractivity contribution in [3.8, 4) is 22.8 Å². The van der Waals surface area contributed by atoms with Crippen molar-refractivity contribution < 1.29 is 59.9 Å². The number of anilines is 1. The summed E-state index contributed by atoms with van der Waals surface area (Å²) in [7, 11) is 1.43. The van der Waals surface area contributed by atoms with E-state index in [2.05, 4.69) is 5.32 Å². The van der Waals surface area contributed by atoms with Crippen LogP contribution in [0.4, 0.5) is 5.69 Å². The smallest absolute Gasteiger partial charge is 1.00 e. The van der Waals surface area contributed by atoms with Crippen molar-refractivity contribution in [2.75, 3.05) is 12.4 Å². The predicted octanol–water partition coefficient (Wildman–Crippen LogP) is 0.728. The van der Waals surface area contributed by atoms with Gasteiger partial charge in [0, 0.05) is 5.56 Å². The zero-order valence-corrected chi connectivity index (χ0v) is 16.7. The number of ether oxygens (including phenoxy) is 1. The van der Waals surface area contributed by atoms with Crippen LogP contribution in [0.15, 0.2) is 59.2 Å². The standard InChI is InChI=1S/C19H15NO6.Na.H/c1-25-12-5-7-16(21)14(10-12)18(22)20-15-9-11(17-3-2-8-26-17)4-6-13(15)19(23)24;;/h2-10,21H,1H3,(H,20,22)(H,23,24);;/q;+1;-1. The van der Waals surface area contributed by atoms with Gasteiger partial charge in [-0.05, 0) is 42.5 Å². The van der Waals surface area contributed by atoms with Crippen LogP contribution >= 0.6 is 0 Å². The molecule has 0 bridgehead atoms. The summed E-state index contributed by atoms with van der Waals surface area (Å²) in [6.07, 6.45) is 1.49. The number of phenolic OH excluding ortho intramolecular Hbond substituents is 1. The first-order valence-corrected chi connectivity index (χ1v) is 7.59. The SMILES string of the molecule is COc1ccc(O)c(C(=O)Nc2cc(-c3ccco3)ccc2C(=O)O)c1.[H-].[Na+]. The fourth-order valence-electron chi connectivity index (χ4n) is 2.44. The average Bonchev–Trinajstić information content (AvgIpc) is 3.16. The minimum absolute atomic E-state index is 0. The van der Waals surface area contributed by atoms with Crippen LogP contribution in [0.3, 0.4) is 0 Å². The Balaban J connectivity index is 0.00000196. The quantitative estimate of drug-likeness (QED) is 0.566. The number of carboxylic acids is 1. The number of amides is 1. The Morgan fingerprint density at radius 2 is 1.89 bits per heavy atom. The largest absolute Gasteiger partial charge is 1.00 e. The maximum Gasteiger partial charge on any atom is 1.00 e. The maximum absolute atomic E-state index is 12.5. The topological polar surface area (TPSA) is 109 Å². The van der Waals surface area contributed by atoms with E-state index in [4.69, 9.17) is 9.15 Å². The maximum atomic E-state index is 12.5. The Morgan fingerprint density at radius 1 is 1.11 bits per heavy atom. The van der Waals surface area contributed by atoms with Crippen molar-refractivity contribution in [3.05, 3.63) is 65.9 Å². The van der Waals surface area contributed by atoms with Gasteiger partial charge in [0.1, 0.15) is 17.3 Å². The normalized spacial score (nSPS) is 9.96. The second-order valence-electron chi connectivity index (χ2n) is 5.38. The van der Waals surface area contributed by atoms with Gasteiger partial charge in [0.15, 0.2) is 0 Å². The van der Waals surface area contributed by atoms with Gasteiger partial charge in [-0.3, -0.25) is 4.79 Å². The Labute approximate surface area is 178 Å². The molecule has 1 heterocycles. The molecule has 0 aliphatic rings. The molecule has 134 valence electrons. The number of hydrogen-bond donors (Lipinski definition) is 3. The first-order chi connectivity index (χ1) is 12.5. The molecule has 3 aromatic rings. The van der Waals surface area contributed by atoms with E-state index in [0.29, 0.717) is 17.1 Å². The van der Waals surface area contributed by atoms with Crippen LogP contribution in [0.5, 0.6) is 11.5 Å². The van der Waals surface area contributed by atoms with Crippen LogP contribution in [0, 0.1) is 0 Å². The van der Waals surface area contributed by atoms with Crippen LogP contribution in [-0.2, 0) is 0 Å². The van der Waals surface area contributed by atoms with Gasteiger partial charge in [-0.25, -0.2) is 4.79 Å². The minimum Gasteiger partial charge on any atom is -1.00 e. The molecule has 0 fully saturated rings. The number of nitrogens with one attached hydrogen (secondary N) is 1. The molecule has 1 amide bonds. The summed E-state index contributed by atoms with van der Waals surface area (Å²) in [4.78, 5) is 24.0. The Kier molecular flexibility index (Phi) is 6.68. The average molecular weight is 377 g/mol. The van der Waals surface area contributed by atoms with Crippen molar-refractivity contribution in [2.24, 2.45) is 0 Å². The second kappa shape index (κ2) is 8.77. The van der Waals surface area contributed by atoms with E-state index >= 15 is 0 Å². The zero-order chi connectivity index (χ0) is 18.7. The number of carbonyl (C=O) groups excluding carboxylic acids is 1. The van der Waals surface area contributed by atoms with Gasteiger partial charge in [-0.15, -0.1) is 0 Å². The van der Waals surface area contributed by atoms with Crippen molar-refractivity contribution in [2.45, 2.75) is 0 Å². The van der Waals surface area contributed by atoms with Crippen molar-refractivity contribution in [3.63, 3.8) is 0 Å². The summed E-state index contributed by atoms with van der Waals surface area (Å²) in [5.74, 6) is -1.19. The molecule has 0 saturated heterocycles. The number of carbonyl (C=O) groups is 2. The molecule has 0 radical (unpaired) electrons. The van der Waals surface area contributed by atoms with Gasteiger partial charge in [0.2, 0.25) is 0 Å². The van der Waals surface area contributed by atoms with Gasteiger partial charge in [0.05, 0.1) is 30.2 Å². The van der Waals surface area contributed by atoms with Gasteiger partial charge in [-0.1, -0.05) is 6.07 Å². The molecule has 8 heteroatoms. The second-order valence-corrected chi connectivity index (χ2v) is 5.38. The van der Waals surface area contributed by atoms with E-state index in [1.165, 1.54) is 43.7 Å². The number of rotatable bonds is 5. The van der Waals surface area contributed by atoms with E-state index in [1.54, 1.807) is 18.2 Å². The number of aromatic hydroxyl groups is 1. The molecule has 0 saturated carbocycles. The van der Waals surface area contributed by atoms with E-state index in [9.17, 15) is 19.8 Å². The number of hydrogen-bond acceptors (Lipinski definition) is 5. The van der Waals surface area contributed by atoms with Crippen molar-refractivity contribution >= 4 is 17.6 Å². The molecule has 27 heavy (non-hydrogen) atoms. The fourth-order valence-corrected chi connectivity index (χ4v) is 2.44. The number of methoxy groups -OCH3 is 1. The summed E-state index contributed by atoms with van der Waals surface area (Å²) >= 11 is 0. The molecular weight excluding hydrogens is 361 g/mol. The molecule has 0 unspecified atom stereocenters. The van der Waals surface area contributed by atoms with Gasteiger partial charge in [-0.2, -0.15) is 0 Å². The molecule has 2 aromatic carbocycles. The molecule has 3 N–H and O–H groups in total. The summed E-state index contributed by atoms with van der Waals surface area (Å²) in [5.41, 5.74) is 0.559. The minimum atomic E-state index is -1.19. The molecule has 0 aliphatic heterocycles. The third-order valence-electron chi connectivity index (χ3n) is 3.75. The molecule has 0 aliphatic carbocycles. The van der Waals surface area contributed by atoms with Crippen LogP contribution in [-0.4, -0.2) is 29.2 Å². The first kappa shape index (κ1) is 20.6. The van der Waals surface area contributed by atoms with Gasteiger partial charge >= 0.3 is 35.5 Å². The number of benzene rings is 2. The first-order valence-electron chi connectivity index (χ1n) is 7.59. The predicted molar refractivity (Wildman–Crippen MR) is 94.8 cm³/mol. The van der Waals surface area contributed by atoms with E-state index in [0.717, 1.165) is 0 Å². The fraction of sp³-hybridized carbons (Fsp3) is 0.0526. The zero-order valence-electron chi connectivity index (χ0n) is 15.7. The summed E-state index contributed by atoms with van der Waals surface area (Å²) in [5, 5.41) is 21.8. The van der Waals surface area contributed by atoms with Crippen LogP contribution in [0.25, 0.3) is 11.3 Å². The van der Waals surface area contributed by atoms with Crippen LogP contribution in [0.2, 0.25) is 0 Å². The van der Waals surface area contributed by atoms with Crippen LogP contribution in [0.1, 0.15) is 22.1 Å². The van der Waals surface area contributed by atoms with E-state index in [-0.39, 0.29) is 53.5 Å². The third kappa shape index (κ3) is 4.51. The molecule has 0 atom stereocenters. The van der Waals surface area contributed by atoms with Gasteiger partial charge < -0.3 is 26.1 Å². The Bertz CT molecular complexity index is 975. The molecule has 7 nitrogen and oxygen atoms in total. The summed E-state index contributed by atoms with van der Waals surface area (Å²) < 4.78 is 10.3. The molecular formula is C19H16NNaO6. The summed E-state index contributed by atoms with van der Waals surface area (Å²) in [6.45, 7) is 0. The monoisotopic (exact) mass is 377 g/mol. The van der Waals surface area contributed by atoms with Crippen LogP contribution < -0.4 is 39.6 Å². The molecule has 1 aromatic heterocycles. The van der Waals surface area contributed by atoms with Gasteiger partial charge in [0.25, 0.3) is 5.91 Å². The number of aromatic carboxylic acids is 1. The number of phenols is 1. The Hall–Kier alpha value is -2.74. The number of furan rings is 1. The number of carboxylic acid groups (broad SMARTS) is 1.